The fourth-order valence-corrected chi connectivity index (χ4v) is 3.99. The Labute approximate surface area is 173 Å². The molecule has 3 rings (SSSR count). The van der Waals surface area contributed by atoms with Gasteiger partial charge >= 0.3 is 0 Å². The van der Waals surface area contributed by atoms with E-state index in [9.17, 15) is 9.59 Å². The van der Waals surface area contributed by atoms with Gasteiger partial charge in [0.05, 0.1) is 12.1 Å². The highest BCUT2D eigenvalue weighted by Crippen LogP contribution is 2.34. The zero-order chi connectivity index (χ0) is 19.1. The number of amides is 2. The normalized spacial score (nSPS) is 15.7. The van der Waals surface area contributed by atoms with E-state index in [0.29, 0.717) is 25.3 Å². The number of hydrogen-bond acceptors (Lipinski definition) is 3. The van der Waals surface area contributed by atoms with Crippen LogP contribution in [-0.4, -0.2) is 38.1 Å². The van der Waals surface area contributed by atoms with Crippen LogP contribution in [0.3, 0.4) is 0 Å². The summed E-state index contributed by atoms with van der Waals surface area (Å²) in [6.45, 7) is 1.88. The van der Waals surface area contributed by atoms with Crippen molar-refractivity contribution in [2.24, 2.45) is 0 Å². The number of halogens is 1. The van der Waals surface area contributed by atoms with E-state index in [4.69, 9.17) is 4.74 Å². The number of ether oxygens (including phenoxy) is 1. The van der Waals surface area contributed by atoms with Crippen molar-refractivity contribution < 1.29 is 14.3 Å². The molecule has 0 unspecified atom stereocenters. The zero-order valence-electron chi connectivity index (χ0n) is 15.0. The smallest absolute Gasteiger partial charge is 0.252 e. The summed E-state index contributed by atoms with van der Waals surface area (Å²) in [4.78, 5) is 24.6. The molecule has 5 nitrogen and oxygen atoms in total. The maximum absolute atomic E-state index is 12.3. The molecule has 2 amide bonds. The summed E-state index contributed by atoms with van der Waals surface area (Å²) >= 11 is 2.11. The molecule has 0 radical (unpaired) electrons. The minimum Gasteiger partial charge on any atom is -0.381 e. The van der Waals surface area contributed by atoms with Crippen molar-refractivity contribution in [1.29, 1.82) is 0 Å². The van der Waals surface area contributed by atoms with E-state index in [-0.39, 0.29) is 23.8 Å². The maximum atomic E-state index is 12.3. The Bertz CT molecular complexity index is 789. The highest BCUT2D eigenvalue weighted by molar-refractivity contribution is 14.1. The van der Waals surface area contributed by atoms with Gasteiger partial charge in [0, 0.05) is 28.7 Å². The molecule has 0 atom stereocenters. The molecule has 6 heteroatoms. The minimum atomic E-state index is -0.237. The molecule has 2 N–H and O–H groups in total. The van der Waals surface area contributed by atoms with E-state index in [1.165, 1.54) is 5.56 Å². The first kappa shape index (κ1) is 19.8. The van der Waals surface area contributed by atoms with Crippen molar-refractivity contribution >= 4 is 34.4 Å². The van der Waals surface area contributed by atoms with E-state index < -0.39 is 0 Å². The lowest BCUT2D eigenvalue weighted by Gasteiger charge is -2.38. The van der Waals surface area contributed by atoms with Crippen LogP contribution < -0.4 is 10.6 Å². The average molecular weight is 478 g/mol. The van der Waals surface area contributed by atoms with Gasteiger partial charge in [-0.15, -0.1) is 0 Å². The summed E-state index contributed by atoms with van der Waals surface area (Å²) in [6, 6.07) is 17.6. The number of carbonyl (C=O) groups is 2. The molecule has 2 aromatic rings. The molecule has 27 heavy (non-hydrogen) atoms. The number of carbonyl (C=O) groups excluding carboxylic acids is 2. The van der Waals surface area contributed by atoms with Crippen molar-refractivity contribution in [2.75, 3.05) is 26.3 Å². The summed E-state index contributed by atoms with van der Waals surface area (Å²) < 4.78 is 6.38. The van der Waals surface area contributed by atoms with Crippen LogP contribution in [0.2, 0.25) is 0 Å². The van der Waals surface area contributed by atoms with E-state index in [1.54, 1.807) is 6.07 Å². The van der Waals surface area contributed by atoms with Gasteiger partial charge in [-0.05, 0) is 53.1 Å². The third-order valence-corrected chi connectivity index (χ3v) is 5.93. The van der Waals surface area contributed by atoms with E-state index in [2.05, 4.69) is 45.4 Å². The van der Waals surface area contributed by atoms with Gasteiger partial charge in [-0.3, -0.25) is 9.59 Å². The largest absolute Gasteiger partial charge is 0.381 e. The second-order valence-electron chi connectivity index (χ2n) is 6.70. The number of benzene rings is 2. The van der Waals surface area contributed by atoms with E-state index in [1.807, 2.05) is 36.4 Å². The predicted octanol–water partition coefficient (Wildman–Crippen LogP) is 2.89. The second kappa shape index (κ2) is 9.32. The highest BCUT2D eigenvalue weighted by Gasteiger charge is 2.34. The van der Waals surface area contributed by atoms with Crippen molar-refractivity contribution in [3.8, 4) is 0 Å². The Morgan fingerprint density at radius 3 is 2.33 bits per heavy atom. The first-order valence-electron chi connectivity index (χ1n) is 9.03. The quantitative estimate of drug-likeness (QED) is 0.628. The first-order valence-corrected chi connectivity index (χ1v) is 10.1. The lowest BCUT2D eigenvalue weighted by Crippen LogP contribution is -2.47. The summed E-state index contributed by atoms with van der Waals surface area (Å²) in [6.07, 6.45) is 1.73. The predicted molar refractivity (Wildman–Crippen MR) is 113 cm³/mol. The van der Waals surface area contributed by atoms with Crippen LogP contribution in [0.25, 0.3) is 0 Å². The molecule has 2 aromatic carbocycles. The standard InChI is InChI=1S/C21H23IN2O3/c22-18-9-5-4-8-17(18)20(26)23-14-19(25)24-15-21(10-12-27-13-11-21)16-6-2-1-3-7-16/h1-9H,10-15H2,(H,23,26)(H,24,25). The SMILES string of the molecule is O=C(CNC(=O)c1ccccc1I)NCC1(c2ccccc2)CCOCC1. The lowest BCUT2D eigenvalue weighted by molar-refractivity contribution is -0.120. The maximum Gasteiger partial charge on any atom is 0.252 e. The van der Waals surface area contributed by atoms with Gasteiger partial charge < -0.3 is 15.4 Å². The van der Waals surface area contributed by atoms with Gasteiger partial charge in [0.1, 0.15) is 0 Å². The molecule has 0 bridgehead atoms. The second-order valence-corrected chi connectivity index (χ2v) is 7.86. The van der Waals surface area contributed by atoms with Crippen LogP contribution in [-0.2, 0) is 14.9 Å². The zero-order valence-corrected chi connectivity index (χ0v) is 17.2. The van der Waals surface area contributed by atoms with Crippen LogP contribution in [0.5, 0.6) is 0 Å². The monoisotopic (exact) mass is 478 g/mol. The van der Waals surface area contributed by atoms with Gasteiger partial charge in [0.15, 0.2) is 0 Å². The number of rotatable bonds is 6. The molecular weight excluding hydrogens is 455 g/mol. The molecule has 0 aliphatic carbocycles. The number of hydrogen-bond donors (Lipinski definition) is 2. The molecule has 142 valence electrons. The van der Waals surface area contributed by atoms with Crippen LogP contribution >= 0.6 is 22.6 Å². The molecule has 0 spiro atoms. The minimum absolute atomic E-state index is 0.0365. The van der Waals surface area contributed by atoms with Gasteiger partial charge in [0.25, 0.3) is 5.91 Å². The first-order chi connectivity index (χ1) is 13.1. The van der Waals surface area contributed by atoms with Gasteiger partial charge in [-0.1, -0.05) is 42.5 Å². The summed E-state index contributed by atoms with van der Waals surface area (Å²) in [5.41, 5.74) is 1.68. The molecule has 1 aliphatic heterocycles. The van der Waals surface area contributed by atoms with Gasteiger partial charge in [0.2, 0.25) is 5.91 Å². The Balaban J connectivity index is 1.57. The Morgan fingerprint density at radius 1 is 0.963 bits per heavy atom. The fourth-order valence-electron chi connectivity index (χ4n) is 3.35. The van der Waals surface area contributed by atoms with Gasteiger partial charge in [-0.2, -0.15) is 0 Å². The van der Waals surface area contributed by atoms with Crippen molar-refractivity contribution in [3.63, 3.8) is 0 Å². The van der Waals surface area contributed by atoms with Crippen molar-refractivity contribution in [1.82, 2.24) is 10.6 Å². The third kappa shape index (κ3) is 5.07. The Morgan fingerprint density at radius 2 is 1.63 bits per heavy atom. The van der Waals surface area contributed by atoms with Crippen LogP contribution in [0, 0.1) is 3.57 Å². The summed E-state index contributed by atoms with van der Waals surface area (Å²) in [5.74, 6) is -0.421. The summed E-state index contributed by atoms with van der Waals surface area (Å²) in [7, 11) is 0. The average Bonchev–Trinajstić information content (AvgIpc) is 2.72. The molecule has 0 saturated carbocycles. The highest BCUT2D eigenvalue weighted by atomic mass is 127. The summed E-state index contributed by atoms with van der Waals surface area (Å²) in [5, 5.41) is 5.70. The molecule has 1 heterocycles. The van der Waals surface area contributed by atoms with Gasteiger partial charge in [-0.25, -0.2) is 0 Å². The molecule has 1 aliphatic rings. The topological polar surface area (TPSA) is 67.4 Å². The fraction of sp³-hybridized carbons (Fsp3) is 0.333. The Hall–Kier alpha value is -1.93. The molecular formula is C21H23IN2O3. The van der Waals surface area contributed by atoms with E-state index in [0.717, 1.165) is 16.4 Å². The third-order valence-electron chi connectivity index (χ3n) is 4.99. The van der Waals surface area contributed by atoms with Crippen LogP contribution in [0.4, 0.5) is 0 Å². The van der Waals surface area contributed by atoms with E-state index >= 15 is 0 Å². The Kier molecular flexibility index (Phi) is 6.84. The number of nitrogens with one attached hydrogen (secondary N) is 2. The van der Waals surface area contributed by atoms with Crippen molar-refractivity contribution in [3.05, 3.63) is 69.3 Å². The molecule has 1 fully saturated rings. The van der Waals surface area contributed by atoms with Crippen LogP contribution in [0.1, 0.15) is 28.8 Å². The van der Waals surface area contributed by atoms with Crippen molar-refractivity contribution in [2.45, 2.75) is 18.3 Å². The lowest BCUT2D eigenvalue weighted by atomic mass is 9.74. The molecule has 1 saturated heterocycles. The van der Waals surface area contributed by atoms with Crippen LogP contribution in [0.15, 0.2) is 54.6 Å². The molecule has 0 aromatic heterocycles.